The third-order valence-electron chi connectivity index (χ3n) is 1.89. The van der Waals surface area contributed by atoms with E-state index < -0.39 is 30.9 Å². The van der Waals surface area contributed by atoms with Crippen LogP contribution in [0, 0.1) is 0 Å². The Morgan fingerprint density at radius 3 is 2.44 bits per heavy atom. The van der Waals surface area contributed by atoms with Crippen molar-refractivity contribution >= 4 is 5.97 Å². The van der Waals surface area contributed by atoms with Crippen LogP contribution in [0.3, 0.4) is 0 Å². The first-order valence-electron chi connectivity index (χ1n) is 5.01. The summed E-state index contributed by atoms with van der Waals surface area (Å²) in [5.74, 6) is -0.535. The van der Waals surface area contributed by atoms with Gasteiger partial charge in [-0.3, -0.25) is 0 Å². The lowest BCUT2D eigenvalue weighted by Crippen LogP contribution is -2.39. The molecule has 0 bridgehead atoms. The van der Waals surface area contributed by atoms with Crippen molar-refractivity contribution in [2.75, 3.05) is 13.2 Å². The summed E-state index contributed by atoms with van der Waals surface area (Å²) in [6.45, 7) is 1.29. The summed E-state index contributed by atoms with van der Waals surface area (Å²) in [6, 6.07) is 0. The molecular formula is C10H18O6. The predicted molar refractivity (Wildman–Crippen MR) is 55.5 cm³/mol. The topological polar surface area (TPSA) is 107 Å². The average Bonchev–Trinajstić information content (AvgIpc) is 2.27. The van der Waals surface area contributed by atoms with Crippen LogP contribution < -0.4 is 0 Å². The van der Waals surface area contributed by atoms with Gasteiger partial charge in [0.2, 0.25) is 0 Å². The molecule has 0 aromatic carbocycles. The summed E-state index contributed by atoms with van der Waals surface area (Å²) in [5, 5.41) is 36.1. The summed E-state index contributed by atoms with van der Waals surface area (Å²) in [4.78, 5) is 10.8. The number of carbonyl (C=O) groups is 1. The van der Waals surface area contributed by atoms with Crippen molar-refractivity contribution < 1.29 is 30.0 Å². The lowest BCUT2D eigenvalue weighted by atomic mass is 10.1. The SMILES string of the molecule is CCOC(=O)/C=C/C[C@@H](O)[C@H](O)[C@H](O)CO. The second-order valence-corrected chi connectivity index (χ2v) is 3.20. The van der Waals surface area contributed by atoms with Gasteiger partial charge in [-0.2, -0.15) is 0 Å². The maximum atomic E-state index is 10.8. The van der Waals surface area contributed by atoms with Crippen LogP contribution in [-0.2, 0) is 9.53 Å². The number of carbonyl (C=O) groups excluding carboxylic acids is 1. The Morgan fingerprint density at radius 2 is 1.94 bits per heavy atom. The largest absolute Gasteiger partial charge is 0.463 e. The fourth-order valence-electron chi connectivity index (χ4n) is 0.998. The molecule has 0 radical (unpaired) electrons. The molecule has 0 rings (SSSR count). The molecule has 0 aliphatic rings. The smallest absolute Gasteiger partial charge is 0.330 e. The van der Waals surface area contributed by atoms with Crippen LogP contribution in [-0.4, -0.2) is 57.9 Å². The molecule has 0 amide bonds. The Morgan fingerprint density at radius 1 is 1.31 bits per heavy atom. The Bertz CT molecular complexity index is 227. The van der Waals surface area contributed by atoms with Crippen molar-refractivity contribution in [1.29, 1.82) is 0 Å². The van der Waals surface area contributed by atoms with Gasteiger partial charge in [0.05, 0.1) is 19.3 Å². The van der Waals surface area contributed by atoms with E-state index in [0.717, 1.165) is 6.08 Å². The summed E-state index contributed by atoms with van der Waals surface area (Å²) in [6.07, 6.45) is -1.65. The minimum atomic E-state index is -1.45. The van der Waals surface area contributed by atoms with E-state index in [1.165, 1.54) is 6.08 Å². The van der Waals surface area contributed by atoms with E-state index in [1.807, 2.05) is 0 Å². The predicted octanol–water partition coefficient (Wildman–Crippen LogP) is -1.43. The van der Waals surface area contributed by atoms with Crippen LogP contribution in [0.1, 0.15) is 13.3 Å². The molecule has 6 nitrogen and oxygen atoms in total. The molecule has 0 aromatic rings. The Balaban J connectivity index is 3.96. The normalized spacial score (nSPS) is 17.1. The highest BCUT2D eigenvalue weighted by atomic mass is 16.5. The van der Waals surface area contributed by atoms with Crippen molar-refractivity contribution in [3.8, 4) is 0 Å². The number of ether oxygens (including phenoxy) is 1. The van der Waals surface area contributed by atoms with Crippen LogP contribution in [0.5, 0.6) is 0 Å². The highest BCUT2D eigenvalue weighted by Gasteiger charge is 2.22. The molecule has 0 spiro atoms. The zero-order chi connectivity index (χ0) is 12.6. The van der Waals surface area contributed by atoms with Crippen molar-refractivity contribution in [2.45, 2.75) is 31.7 Å². The van der Waals surface area contributed by atoms with E-state index in [1.54, 1.807) is 6.92 Å². The monoisotopic (exact) mass is 234 g/mol. The van der Waals surface area contributed by atoms with Crippen LogP contribution in [0.2, 0.25) is 0 Å². The number of esters is 1. The highest BCUT2D eigenvalue weighted by Crippen LogP contribution is 2.04. The molecule has 0 aliphatic carbocycles. The molecule has 94 valence electrons. The van der Waals surface area contributed by atoms with Gasteiger partial charge >= 0.3 is 5.97 Å². The molecule has 3 atom stereocenters. The Hall–Kier alpha value is -0.950. The summed E-state index contributed by atoms with van der Waals surface area (Å²) in [7, 11) is 0. The molecule has 0 fully saturated rings. The number of rotatable bonds is 7. The van der Waals surface area contributed by atoms with Crippen LogP contribution >= 0.6 is 0 Å². The minimum absolute atomic E-state index is 0.0168. The zero-order valence-electron chi connectivity index (χ0n) is 9.11. The van der Waals surface area contributed by atoms with Gasteiger partial charge in [0.25, 0.3) is 0 Å². The van der Waals surface area contributed by atoms with Gasteiger partial charge in [-0.15, -0.1) is 0 Å². The number of aliphatic hydroxyl groups excluding tert-OH is 4. The fourth-order valence-corrected chi connectivity index (χ4v) is 0.998. The lowest BCUT2D eigenvalue weighted by molar-refractivity contribution is -0.137. The van der Waals surface area contributed by atoms with Crippen LogP contribution in [0.4, 0.5) is 0 Å². The lowest BCUT2D eigenvalue weighted by Gasteiger charge is -2.20. The van der Waals surface area contributed by atoms with Gasteiger partial charge in [-0.05, 0) is 13.3 Å². The quantitative estimate of drug-likeness (QED) is 0.318. The zero-order valence-corrected chi connectivity index (χ0v) is 9.11. The van der Waals surface area contributed by atoms with E-state index >= 15 is 0 Å². The molecule has 4 N–H and O–H groups in total. The first-order chi connectivity index (χ1) is 7.52. The highest BCUT2D eigenvalue weighted by molar-refractivity contribution is 5.81. The number of hydrogen-bond acceptors (Lipinski definition) is 6. The van der Waals surface area contributed by atoms with Crippen molar-refractivity contribution in [3.05, 3.63) is 12.2 Å². The Kier molecular flexibility index (Phi) is 7.74. The molecule has 6 heteroatoms. The van der Waals surface area contributed by atoms with E-state index in [9.17, 15) is 15.0 Å². The van der Waals surface area contributed by atoms with Crippen LogP contribution in [0.25, 0.3) is 0 Å². The summed E-state index contributed by atoms with van der Waals surface area (Å²) in [5.41, 5.74) is 0. The van der Waals surface area contributed by atoms with E-state index in [4.69, 9.17) is 10.2 Å². The second kappa shape index (κ2) is 8.23. The maximum Gasteiger partial charge on any atom is 0.330 e. The first kappa shape index (κ1) is 15.0. The molecule has 0 saturated heterocycles. The summed E-state index contributed by atoms with van der Waals surface area (Å²) >= 11 is 0. The second-order valence-electron chi connectivity index (χ2n) is 3.20. The van der Waals surface area contributed by atoms with Gasteiger partial charge in [0.1, 0.15) is 12.2 Å². The van der Waals surface area contributed by atoms with Crippen molar-refractivity contribution in [2.24, 2.45) is 0 Å². The fraction of sp³-hybridized carbons (Fsp3) is 0.700. The van der Waals surface area contributed by atoms with Gasteiger partial charge < -0.3 is 25.2 Å². The number of aliphatic hydroxyl groups is 4. The molecule has 0 aromatic heterocycles. The Labute approximate surface area is 93.8 Å². The summed E-state index contributed by atoms with van der Waals surface area (Å²) < 4.78 is 4.59. The van der Waals surface area contributed by atoms with Gasteiger partial charge in [0.15, 0.2) is 0 Å². The van der Waals surface area contributed by atoms with Crippen LogP contribution in [0.15, 0.2) is 12.2 Å². The molecule has 16 heavy (non-hydrogen) atoms. The van der Waals surface area contributed by atoms with Crippen molar-refractivity contribution in [3.63, 3.8) is 0 Å². The molecule has 0 aliphatic heterocycles. The third-order valence-corrected chi connectivity index (χ3v) is 1.89. The first-order valence-corrected chi connectivity index (χ1v) is 5.01. The van der Waals surface area contributed by atoms with E-state index in [0.29, 0.717) is 0 Å². The molecule has 0 saturated carbocycles. The average molecular weight is 234 g/mol. The number of hydrogen-bond donors (Lipinski definition) is 4. The maximum absolute atomic E-state index is 10.8. The van der Waals surface area contributed by atoms with E-state index in [2.05, 4.69) is 4.74 Å². The van der Waals surface area contributed by atoms with Gasteiger partial charge in [-0.25, -0.2) is 4.79 Å². The van der Waals surface area contributed by atoms with Gasteiger partial charge in [0, 0.05) is 6.08 Å². The van der Waals surface area contributed by atoms with Gasteiger partial charge in [-0.1, -0.05) is 6.08 Å². The molecule has 0 heterocycles. The molecule has 0 unspecified atom stereocenters. The van der Waals surface area contributed by atoms with E-state index in [-0.39, 0.29) is 13.0 Å². The van der Waals surface area contributed by atoms with Crippen molar-refractivity contribution in [1.82, 2.24) is 0 Å². The minimum Gasteiger partial charge on any atom is -0.463 e. The molecular weight excluding hydrogens is 216 g/mol. The third kappa shape index (κ3) is 5.82. The standard InChI is InChI=1S/C10H18O6/c1-2-16-9(14)5-3-4-7(12)10(15)8(13)6-11/h3,5,7-8,10-13,15H,2,4,6H2,1H3/b5-3+/t7-,8-,10+/m1/s1.